The Hall–Kier alpha value is -2.88. The van der Waals surface area contributed by atoms with E-state index in [1.165, 1.54) is 0 Å². The van der Waals surface area contributed by atoms with Crippen molar-refractivity contribution in [2.75, 3.05) is 11.4 Å². The van der Waals surface area contributed by atoms with Crippen molar-refractivity contribution in [3.05, 3.63) is 65.2 Å². The molecule has 0 aliphatic carbocycles. The molecule has 2 aromatic rings. The number of carbonyl (C=O) groups excluding carboxylic acids is 2. The van der Waals surface area contributed by atoms with Crippen LogP contribution in [0.25, 0.3) is 12.2 Å². The summed E-state index contributed by atoms with van der Waals surface area (Å²) in [6.07, 6.45) is 9.92. The fourth-order valence-corrected chi connectivity index (χ4v) is 3.76. The van der Waals surface area contributed by atoms with Crippen molar-refractivity contribution in [2.45, 2.75) is 58.4 Å². The lowest BCUT2D eigenvalue weighted by atomic mass is 10.0. The molecule has 3 rings (SSSR count). The van der Waals surface area contributed by atoms with Gasteiger partial charge in [0, 0.05) is 19.4 Å². The van der Waals surface area contributed by atoms with Gasteiger partial charge in [0.2, 0.25) is 11.8 Å². The molecule has 158 valence electrons. The fourth-order valence-electron chi connectivity index (χ4n) is 3.76. The third-order valence-corrected chi connectivity index (χ3v) is 5.50. The topological polar surface area (TPSA) is 49.4 Å². The Kier molecular flexibility index (Phi) is 8.25. The minimum absolute atomic E-state index is 0.0919. The van der Waals surface area contributed by atoms with Crippen LogP contribution >= 0.6 is 0 Å². The third kappa shape index (κ3) is 6.06. The van der Waals surface area contributed by atoms with E-state index in [4.69, 9.17) is 0 Å². The van der Waals surface area contributed by atoms with Crippen molar-refractivity contribution in [1.82, 2.24) is 5.32 Å². The summed E-state index contributed by atoms with van der Waals surface area (Å²) in [7, 11) is 0. The zero-order valence-electron chi connectivity index (χ0n) is 17.9. The Balaban J connectivity index is 1.58. The molecule has 4 heteroatoms. The van der Waals surface area contributed by atoms with Gasteiger partial charge in [-0.3, -0.25) is 9.59 Å². The summed E-state index contributed by atoms with van der Waals surface area (Å²) in [6, 6.07) is 16.2. The van der Waals surface area contributed by atoms with Gasteiger partial charge in [-0.15, -0.1) is 0 Å². The first-order valence-electron chi connectivity index (χ1n) is 11.1. The van der Waals surface area contributed by atoms with Gasteiger partial charge in [-0.2, -0.15) is 0 Å². The van der Waals surface area contributed by atoms with Crippen LogP contribution in [0.5, 0.6) is 0 Å². The first kappa shape index (κ1) is 21.8. The Labute approximate surface area is 180 Å². The number of anilines is 1. The van der Waals surface area contributed by atoms with E-state index in [0.717, 1.165) is 61.0 Å². The van der Waals surface area contributed by atoms with Gasteiger partial charge in [-0.05, 0) is 42.0 Å². The fraction of sp³-hybridized carbons (Fsp3) is 0.385. The number of para-hydroxylation sites is 1. The van der Waals surface area contributed by atoms with Crippen LogP contribution < -0.4 is 10.2 Å². The van der Waals surface area contributed by atoms with Crippen LogP contribution in [0.1, 0.15) is 68.6 Å². The highest BCUT2D eigenvalue weighted by atomic mass is 16.2. The zero-order chi connectivity index (χ0) is 21.2. The first-order valence-corrected chi connectivity index (χ1v) is 11.1. The lowest BCUT2D eigenvalue weighted by Crippen LogP contribution is -2.31. The quantitative estimate of drug-likeness (QED) is 0.556. The minimum Gasteiger partial charge on any atom is -0.356 e. The maximum Gasteiger partial charge on any atom is 0.227 e. The van der Waals surface area contributed by atoms with Crippen LogP contribution in [-0.2, 0) is 16.1 Å². The van der Waals surface area contributed by atoms with Gasteiger partial charge in [-0.1, -0.05) is 74.4 Å². The SMILES string of the molecule is CCCCCNC(=O)CCCCC(=O)N1Cc2ccccc2C=Cc2ccccc21. The molecule has 2 aromatic carbocycles. The van der Waals surface area contributed by atoms with Crippen LogP contribution in [0.15, 0.2) is 48.5 Å². The largest absolute Gasteiger partial charge is 0.356 e. The monoisotopic (exact) mass is 404 g/mol. The second kappa shape index (κ2) is 11.3. The molecule has 1 heterocycles. The number of hydrogen-bond acceptors (Lipinski definition) is 2. The molecule has 0 atom stereocenters. The molecule has 0 saturated heterocycles. The molecule has 1 aliphatic heterocycles. The Morgan fingerprint density at radius 1 is 0.867 bits per heavy atom. The number of amides is 2. The van der Waals surface area contributed by atoms with Crippen LogP contribution in [-0.4, -0.2) is 18.4 Å². The average Bonchev–Trinajstić information content (AvgIpc) is 2.76. The molecule has 0 spiro atoms. The van der Waals surface area contributed by atoms with Gasteiger partial charge < -0.3 is 10.2 Å². The van der Waals surface area contributed by atoms with Gasteiger partial charge in [-0.25, -0.2) is 0 Å². The van der Waals surface area contributed by atoms with Crippen molar-refractivity contribution >= 4 is 29.7 Å². The third-order valence-electron chi connectivity index (χ3n) is 5.50. The molecule has 0 saturated carbocycles. The molecule has 0 fully saturated rings. The molecule has 1 N–H and O–H groups in total. The molecular formula is C26H32N2O2. The maximum atomic E-state index is 13.1. The molecule has 0 unspecified atom stereocenters. The van der Waals surface area contributed by atoms with E-state index in [1.54, 1.807) is 0 Å². The minimum atomic E-state index is 0.0919. The number of hydrogen-bond donors (Lipinski definition) is 1. The van der Waals surface area contributed by atoms with Crippen LogP contribution in [0.2, 0.25) is 0 Å². The van der Waals surface area contributed by atoms with E-state index in [-0.39, 0.29) is 11.8 Å². The van der Waals surface area contributed by atoms with Crippen molar-refractivity contribution in [3.8, 4) is 0 Å². The number of rotatable bonds is 9. The van der Waals surface area contributed by atoms with Crippen molar-refractivity contribution in [2.24, 2.45) is 0 Å². The highest BCUT2D eigenvalue weighted by Crippen LogP contribution is 2.29. The van der Waals surface area contributed by atoms with Gasteiger partial charge in [0.25, 0.3) is 0 Å². The second-order valence-electron chi connectivity index (χ2n) is 7.84. The van der Waals surface area contributed by atoms with Crippen molar-refractivity contribution in [3.63, 3.8) is 0 Å². The Morgan fingerprint density at radius 2 is 1.57 bits per heavy atom. The molecule has 0 aromatic heterocycles. The molecule has 0 bridgehead atoms. The lowest BCUT2D eigenvalue weighted by Gasteiger charge is -2.27. The summed E-state index contributed by atoms with van der Waals surface area (Å²) < 4.78 is 0. The standard InChI is InChI=1S/C26H32N2O2/c1-2-3-10-19-27-25(29)15-8-9-16-26(30)28-20-23-13-5-4-11-21(23)17-18-22-12-6-7-14-24(22)28/h4-7,11-14,17-18H,2-3,8-10,15-16,19-20H2,1H3,(H,27,29). The highest BCUT2D eigenvalue weighted by molar-refractivity contribution is 5.97. The van der Waals surface area contributed by atoms with Crippen LogP contribution in [0.3, 0.4) is 0 Å². The molecule has 1 aliphatic rings. The van der Waals surface area contributed by atoms with Gasteiger partial charge >= 0.3 is 0 Å². The Bertz CT molecular complexity index is 888. The second-order valence-corrected chi connectivity index (χ2v) is 7.84. The number of benzene rings is 2. The predicted octanol–water partition coefficient (Wildman–Crippen LogP) is 5.57. The van der Waals surface area contributed by atoms with Crippen LogP contribution in [0, 0.1) is 0 Å². The summed E-state index contributed by atoms with van der Waals surface area (Å²) in [6.45, 7) is 3.47. The van der Waals surface area contributed by atoms with E-state index in [0.29, 0.717) is 19.4 Å². The average molecular weight is 405 g/mol. The van der Waals surface area contributed by atoms with E-state index >= 15 is 0 Å². The molecule has 30 heavy (non-hydrogen) atoms. The van der Waals surface area contributed by atoms with Crippen molar-refractivity contribution in [1.29, 1.82) is 0 Å². The lowest BCUT2D eigenvalue weighted by molar-refractivity contribution is -0.122. The van der Waals surface area contributed by atoms with Gasteiger partial charge in [0.05, 0.1) is 12.2 Å². The Morgan fingerprint density at radius 3 is 2.40 bits per heavy atom. The van der Waals surface area contributed by atoms with Crippen LogP contribution in [0.4, 0.5) is 5.69 Å². The molecule has 4 nitrogen and oxygen atoms in total. The van der Waals surface area contributed by atoms with Gasteiger partial charge in [0.1, 0.15) is 0 Å². The van der Waals surface area contributed by atoms with Gasteiger partial charge in [0.15, 0.2) is 0 Å². The number of nitrogens with one attached hydrogen (secondary N) is 1. The summed E-state index contributed by atoms with van der Waals surface area (Å²) >= 11 is 0. The summed E-state index contributed by atoms with van der Waals surface area (Å²) in [5, 5.41) is 2.97. The van der Waals surface area contributed by atoms with E-state index in [9.17, 15) is 9.59 Å². The smallest absolute Gasteiger partial charge is 0.227 e. The maximum absolute atomic E-state index is 13.1. The summed E-state index contributed by atoms with van der Waals surface area (Å²) in [5.41, 5.74) is 4.28. The van der Waals surface area contributed by atoms with Crippen molar-refractivity contribution < 1.29 is 9.59 Å². The summed E-state index contributed by atoms with van der Waals surface area (Å²) in [4.78, 5) is 26.9. The predicted molar refractivity (Wildman–Crippen MR) is 124 cm³/mol. The highest BCUT2D eigenvalue weighted by Gasteiger charge is 2.20. The number of carbonyl (C=O) groups is 2. The zero-order valence-corrected chi connectivity index (χ0v) is 17.9. The van der Waals surface area contributed by atoms with E-state index in [2.05, 4.69) is 36.5 Å². The molecule has 2 amide bonds. The first-order chi connectivity index (χ1) is 14.7. The molecule has 0 radical (unpaired) electrons. The van der Waals surface area contributed by atoms with E-state index < -0.39 is 0 Å². The number of unbranched alkanes of at least 4 members (excludes halogenated alkanes) is 3. The number of fused-ring (bicyclic) bond motifs is 2. The van der Waals surface area contributed by atoms with E-state index in [1.807, 2.05) is 41.3 Å². The normalized spacial score (nSPS) is 12.5. The summed E-state index contributed by atoms with van der Waals surface area (Å²) in [5.74, 6) is 0.199. The molecular weight excluding hydrogens is 372 g/mol. The number of nitrogens with zero attached hydrogens (tertiary/aromatic N) is 1.